The molecule has 0 aromatic heterocycles. The zero-order valence-corrected chi connectivity index (χ0v) is 14.4. The van der Waals surface area contributed by atoms with Gasteiger partial charge in [0, 0.05) is 0 Å². The SMILES string of the molecule is CCCCCCC1CC1CCCCCCCCC(O)C(=O)O. The molecule has 22 heavy (non-hydrogen) atoms. The fourth-order valence-corrected chi connectivity index (χ4v) is 3.43. The molecule has 1 rings (SSSR count). The van der Waals surface area contributed by atoms with Crippen LogP contribution >= 0.6 is 0 Å². The van der Waals surface area contributed by atoms with Crippen LogP contribution in [0.1, 0.15) is 96.8 Å². The van der Waals surface area contributed by atoms with Gasteiger partial charge >= 0.3 is 5.97 Å². The van der Waals surface area contributed by atoms with Gasteiger partial charge in [-0.25, -0.2) is 4.79 Å². The quantitative estimate of drug-likeness (QED) is 0.411. The summed E-state index contributed by atoms with van der Waals surface area (Å²) in [5.41, 5.74) is 0. The molecule has 1 aliphatic rings. The van der Waals surface area contributed by atoms with Crippen molar-refractivity contribution in [3.63, 3.8) is 0 Å². The number of hydrogen-bond donors (Lipinski definition) is 2. The van der Waals surface area contributed by atoms with Crippen molar-refractivity contribution in [2.45, 2.75) is 103 Å². The first kappa shape index (κ1) is 19.5. The largest absolute Gasteiger partial charge is 0.479 e. The molecule has 130 valence electrons. The van der Waals surface area contributed by atoms with E-state index in [1.54, 1.807) is 0 Å². The lowest BCUT2D eigenvalue weighted by atomic mass is 10.0. The van der Waals surface area contributed by atoms with Crippen LogP contribution in [0, 0.1) is 11.8 Å². The van der Waals surface area contributed by atoms with Crippen molar-refractivity contribution in [1.82, 2.24) is 0 Å². The molecule has 0 radical (unpaired) electrons. The van der Waals surface area contributed by atoms with Gasteiger partial charge in [-0.1, -0.05) is 84.0 Å². The van der Waals surface area contributed by atoms with Crippen LogP contribution in [0.2, 0.25) is 0 Å². The highest BCUT2D eigenvalue weighted by Crippen LogP contribution is 2.45. The predicted molar refractivity (Wildman–Crippen MR) is 90.9 cm³/mol. The number of rotatable bonds is 15. The highest BCUT2D eigenvalue weighted by molar-refractivity contribution is 5.71. The normalized spacial score (nSPS) is 21.7. The minimum Gasteiger partial charge on any atom is -0.479 e. The van der Waals surface area contributed by atoms with Crippen LogP contribution in [0.25, 0.3) is 0 Å². The zero-order valence-electron chi connectivity index (χ0n) is 14.4. The standard InChI is InChI=1S/C19H36O3/c1-2-3-4-9-12-16-15-17(16)13-10-7-5-6-8-11-14-18(20)19(21)22/h16-18,20H,2-15H2,1H3,(H,21,22). The number of aliphatic hydroxyl groups excluding tert-OH is 1. The Morgan fingerprint density at radius 3 is 1.95 bits per heavy atom. The number of carbonyl (C=O) groups is 1. The molecule has 0 heterocycles. The van der Waals surface area contributed by atoms with E-state index in [-0.39, 0.29) is 0 Å². The van der Waals surface area contributed by atoms with Crippen LogP contribution in [-0.2, 0) is 4.79 Å². The molecular formula is C19H36O3. The number of carboxylic acids is 1. The first-order valence-electron chi connectivity index (χ1n) is 9.56. The lowest BCUT2D eigenvalue weighted by Crippen LogP contribution is -2.18. The summed E-state index contributed by atoms with van der Waals surface area (Å²) in [4.78, 5) is 10.4. The van der Waals surface area contributed by atoms with Crippen LogP contribution in [0.4, 0.5) is 0 Å². The van der Waals surface area contributed by atoms with Gasteiger partial charge in [0.15, 0.2) is 6.10 Å². The molecule has 0 aliphatic heterocycles. The number of hydrogen-bond acceptors (Lipinski definition) is 2. The van der Waals surface area contributed by atoms with Crippen LogP contribution in [0.15, 0.2) is 0 Å². The summed E-state index contributed by atoms with van der Waals surface area (Å²) >= 11 is 0. The molecule has 2 N–H and O–H groups in total. The van der Waals surface area contributed by atoms with Crippen molar-refractivity contribution in [3.05, 3.63) is 0 Å². The van der Waals surface area contributed by atoms with Crippen molar-refractivity contribution >= 4 is 5.97 Å². The maximum Gasteiger partial charge on any atom is 0.332 e. The number of aliphatic hydroxyl groups is 1. The van der Waals surface area contributed by atoms with E-state index in [1.807, 2.05) is 0 Å². The van der Waals surface area contributed by atoms with E-state index in [1.165, 1.54) is 70.6 Å². The Hall–Kier alpha value is -0.570. The second kappa shape index (κ2) is 11.9. The third kappa shape index (κ3) is 9.45. The average Bonchev–Trinajstić information content (AvgIpc) is 3.24. The Balaban J connectivity index is 1.78. The Labute approximate surface area is 136 Å². The van der Waals surface area contributed by atoms with Crippen LogP contribution < -0.4 is 0 Å². The molecule has 3 atom stereocenters. The van der Waals surface area contributed by atoms with Crippen molar-refractivity contribution in [1.29, 1.82) is 0 Å². The molecule has 0 amide bonds. The lowest BCUT2D eigenvalue weighted by Gasteiger charge is -2.05. The molecule has 0 aromatic rings. The second-order valence-corrected chi connectivity index (χ2v) is 7.16. The van der Waals surface area contributed by atoms with E-state index >= 15 is 0 Å². The molecule has 3 unspecified atom stereocenters. The number of carboxylic acid groups (broad SMARTS) is 1. The molecule has 1 saturated carbocycles. The van der Waals surface area contributed by atoms with E-state index in [9.17, 15) is 4.79 Å². The van der Waals surface area contributed by atoms with Gasteiger partial charge in [-0.05, 0) is 24.7 Å². The van der Waals surface area contributed by atoms with Gasteiger partial charge in [-0.2, -0.15) is 0 Å². The topological polar surface area (TPSA) is 57.5 Å². The molecule has 3 nitrogen and oxygen atoms in total. The van der Waals surface area contributed by atoms with E-state index in [0.29, 0.717) is 6.42 Å². The van der Waals surface area contributed by atoms with Gasteiger partial charge in [-0.15, -0.1) is 0 Å². The van der Waals surface area contributed by atoms with Crippen molar-refractivity contribution in [3.8, 4) is 0 Å². The average molecular weight is 312 g/mol. The highest BCUT2D eigenvalue weighted by Gasteiger charge is 2.34. The molecular weight excluding hydrogens is 276 g/mol. The third-order valence-corrected chi connectivity index (χ3v) is 5.09. The van der Waals surface area contributed by atoms with Crippen molar-refractivity contribution < 1.29 is 15.0 Å². The van der Waals surface area contributed by atoms with Gasteiger partial charge in [0.05, 0.1) is 0 Å². The van der Waals surface area contributed by atoms with Gasteiger partial charge < -0.3 is 10.2 Å². The fourth-order valence-electron chi connectivity index (χ4n) is 3.43. The Morgan fingerprint density at radius 2 is 1.41 bits per heavy atom. The Morgan fingerprint density at radius 1 is 0.909 bits per heavy atom. The molecule has 0 saturated heterocycles. The van der Waals surface area contributed by atoms with E-state index in [0.717, 1.165) is 24.7 Å². The summed E-state index contributed by atoms with van der Waals surface area (Å²) in [7, 11) is 0. The lowest BCUT2D eigenvalue weighted by molar-refractivity contribution is -0.146. The van der Waals surface area contributed by atoms with E-state index in [2.05, 4.69) is 6.92 Å². The first-order chi connectivity index (χ1) is 10.6. The smallest absolute Gasteiger partial charge is 0.332 e. The maximum atomic E-state index is 10.4. The fraction of sp³-hybridized carbons (Fsp3) is 0.947. The van der Waals surface area contributed by atoms with Crippen molar-refractivity contribution in [2.24, 2.45) is 11.8 Å². The molecule has 0 bridgehead atoms. The Kier molecular flexibility index (Phi) is 10.6. The second-order valence-electron chi connectivity index (χ2n) is 7.16. The zero-order chi connectivity index (χ0) is 16.2. The predicted octanol–water partition coefficient (Wildman–Crippen LogP) is 5.16. The van der Waals surface area contributed by atoms with E-state index in [4.69, 9.17) is 10.2 Å². The van der Waals surface area contributed by atoms with Crippen LogP contribution in [0.5, 0.6) is 0 Å². The van der Waals surface area contributed by atoms with Gasteiger partial charge in [0.1, 0.15) is 0 Å². The monoisotopic (exact) mass is 312 g/mol. The van der Waals surface area contributed by atoms with Gasteiger partial charge in [0.2, 0.25) is 0 Å². The van der Waals surface area contributed by atoms with Gasteiger partial charge in [0.25, 0.3) is 0 Å². The Bertz CT molecular complexity index is 290. The summed E-state index contributed by atoms with van der Waals surface area (Å²) in [5, 5.41) is 17.7. The highest BCUT2D eigenvalue weighted by atomic mass is 16.4. The van der Waals surface area contributed by atoms with E-state index < -0.39 is 12.1 Å². The molecule has 0 spiro atoms. The summed E-state index contributed by atoms with van der Waals surface area (Å²) in [5.74, 6) is 0.996. The summed E-state index contributed by atoms with van der Waals surface area (Å²) in [6.07, 6.45) is 16.2. The van der Waals surface area contributed by atoms with Crippen LogP contribution in [0.3, 0.4) is 0 Å². The van der Waals surface area contributed by atoms with Crippen molar-refractivity contribution in [2.75, 3.05) is 0 Å². The summed E-state index contributed by atoms with van der Waals surface area (Å²) in [6, 6.07) is 0. The molecule has 3 heteroatoms. The molecule has 0 aromatic carbocycles. The summed E-state index contributed by atoms with van der Waals surface area (Å²) in [6.45, 7) is 2.27. The summed E-state index contributed by atoms with van der Waals surface area (Å²) < 4.78 is 0. The molecule has 1 fully saturated rings. The van der Waals surface area contributed by atoms with Gasteiger partial charge in [-0.3, -0.25) is 0 Å². The van der Waals surface area contributed by atoms with Crippen LogP contribution in [-0.4, -0.2) is 22.3 Å². The number of unbranched alkanes of at least 4 members (excludes halogenated alkanes) is 8. The maximum absolute atomic E-state index is 10.4. The third-order valence-electron chi connectivity index (χ3n) is 5.09. The minimum atomic E-state index is -1.16. The number of aliphatic carboxylic acids is 1. The minimum absolute atomic E-state index is 0.400. The first-order valence-corrected chi connectivity index (χ1v) is 9.56. The molecule has 1 aliphatic carbocycles.